The van der Waals surface area contributed by atoms with Crippen LogP contribution in [0.3, 0.4) is 0 Å². The van der Waals surface area contributed by atoms with Gasteiger partial charge in [-0.2, -0.15) is 0 Å². The lowest BCUT2D eigenvalue weighted by molar-refractivity contribution is -0.307. The Hall–Kier alpha value is -1.08. The molecule has 4 unspecified atom stereocenters. The van der Waals surface area contributed by atoms with Gasteiger partial charge in [0, 0.05) is 21.4 Å². The Balaban J connectivity index is 1.46. The molecule has 2 heterocycles. The summed E-state index contributed by atoms with van der Waals surface area (Å²) in [6, 6.07) is 17.4. The molecule has 2 aliphatic rings. The Morgan fingerprint density at radius 1 is 1.08 bits per heavy atom. The highest BCUT2D eigenvalue weighted by Crippen LogP contribution is 2.41. The Kier molecular flexibility index (Phi) is 5.55. The van der Waals surface area contributed by atoms with Gasteiger partial charge in [0.05, 0.1) is 18.8 Å². The molecule has 2 aromatic carbocycles. The van der Waals surface area contributed by atoms with Gasteiger partial charge in [-0.25, -0.2) is 0 Å². The van der Waals surface area contributed by atoms with E-state index in [-0.39, 0.29) is 23.6 Å². The average molecular weight is 393 g/mol. The molecule has 0 aromatic heterocycles. The van der Waals surface area contributed by atoms with Gasteiger partial charge in [-0.05, 0) is 18.2 Å². The van der Waals surface area contributed by atoms with Crippen LogP contribution in [0.25, 0.3) is 0 Å². The van der Waals surface area contributed by atoms with Gasteiger partial charge in [-0.15, -0.1) is 0 Å². The van der Waals surface area contributed by atoms with E-state index in [1.165, 1.54) is 11.8 Å². The van der Waals surface area contributed by atoms with Crippen LogP contribution >= 0.6 is 23.4 Å². The number of halogens is 1. The van der Waals surface area contributed by atoms with Crippen LogP contribution in [0.2, 0.25) is 5.02 Å². The zero-order valence-corrected chi connectivity index (χ0v) is 15.9. The second-order valence-corrected chi connectivity index (χ2v) is 8.25. The molecule has 2 saturated heterocycles. The van der Waals surface area contributed by atoms with Crippen molar-refractivity contribution in [3.05, 3.63) is 65.2 Å². The van der Waals surface area contributed by atoms with Crippen molar-refractivity contribution in [1.29, 1.82) is 0 Å². The third kappa shape index (κ3) is 3.79. The number of thioether (sulfide) groups is 1. The second kappa shape index (κ2) is 7.89. The molecular weight excluding hydrogens is 372 g/mol. The average Bonchev–Trinajstić information content (AvgIpc) is 2.66. The van der Waals surface area contributed by atoms with Gasteiger partial charge in [0.2, 0.25) is 0 Å². The van der Waals surface area contributed by atoms with Crippen molar-refractivity contribution in [2.24, 2.45) is 5.92 Å². The van der Waals surface area contributed by atoms with Crippen LogP contribution in [-0.2, 0) is 14.2 Å². The molecule has 0 bridgehead atoms. The number of hydrogen-bond acceptors (Lipinski definition) is 5. The first-order valence-electron chi connectivity index (χ1n) is 8.69. The summed E-state index contributed by atoms with van der Waals surface area (Å²) in [7, 11) is 0. The summed E-state index contributed by atoms with van der Waals surface area (Å²) in [4.78, 5) is 0.965. The van der Waals surface area contributed by atoms with Gasteiger partial charge >= 0.3 is 0 Å². The van der Waals surface area contributed by atoms with Gasteiger partial charge < -0.3 is 19.3 Å². The summed E-state index contributed by atoms with van der Waals surface area (Å²) in [5.41, 5.74) is 0.591. The number of fused-ring (bicyclic) bond motifs is 1. The summed E-state index contributed by atoms with van der Waals surface area (Å²) < 4.78 is 18.1. The lowest BCUT2D eigenvalue weighted by Crippen LogP contribution is -2.57. The second-order valence-electron chi connectivity index (χ2n) is 6.64. The van der Waals surface area contributed by atoms with E-state index in [1.807, 2.05) is 61.5 Å². The molecule has 6 heteroatoms. The van der Waals surface area contributed by atoms with Crippen LogP contribution in [-0.4, -0.2) is 35.5 Å². The fraction of sp³-hybridized carbons (Fsp3) is 0.400. The number of ether oxygens (including phenoxy) is 3. The van der Waals surface area contributed by atoms with Crippen LogP contribution in [0.15, 0.2) is 59.5 Å². The van der Waals surface area contributed by atoms with Gasteiger partial charge in [-0.1, -0.05) is 66.7 Å². The molecule has 0 spiro atoms. The monoisotopic (exact) mass is 392 g/mol. The first kappa shape index (κ1) is 18.3. The number of benzene rings is 2. The Morgan fingerprint density at radius 2 is 1.88 bits per heavy atom. The minimum absolute atomic E-state index is 0.0689. The lowest BCUT2D eigenvalue weighted by Gasteiger charge is -2.47. The third-order valence-electron chi connectivity index (χ3n) is 4.82. The molecule has 6 atom stereocenters. The maximum atomic E-state index is 10.8. The van der Waals surface area contributed by atoms with E-state index in [0.717, 1.165) is 10.5 Å². The minimum atomic E-state index is -0.644. The molecule has 0 radical (unpaired) electrons. The van der Waals surface area contributed by atoms with E-state index >= 15 is 0 Å². The highest BCUT2D eigenvalue weighted by Gasteiger charge is 2.47. The molecule has 0 aliphatic carbocycles. The fourth-order valence-corrected chi connectivity index (χ4v) is 4.84. The van der Waals surface area contributed by atoms with Crippen molar-refractivity contribution in [1.82, 2.24) is 0 Å². The largest absolute Gasteiger partial charge is 0.389 e. The van der Waals surface area contributed by atoms with Crippen LogP contribution in [0.5, 0.6) is 0 Å². The summed E-state index contributed by atoms with van der Waals surface area (Å²) in [5.74, 6) is -0.0689. The molecule has 2 aromatic rings. The standard InChI is InChI=1S/C20H21ClO4S/c1-12-17(22)20(26-15-9-5-8-14(21)10-15)24-16-11-23-19(25-18(12)16)13-6-3-2-4-7-13/h2-10,12,16-20,22H,11H2,1H3/t12?,16?,17?,18-,19?,20-/m1/s1. The highest BCUT2D eigenvalue weighted by molar-refractivity contribution is 7.99. The summed E-state index contributed by atoms with van der Waals surface area (Å²) >= 11 is 7.53. The first-order chi connectivity index (χ1) is 12.6. The Morgan fingerprint density at radius 3 is 2.65 bits per heavy atom. The van der Waals surface area contributed by atoms with E-state index in [1.54, 1.807) is 0 Å². The third-order valence-corrected chi connectivity index (χ3v) is 6.21. The van der Waals surface area contributed by atoms with E-state index in [4.69, 9.17) is 25.8 Å². The zero-order valence-electron chi connectivity index (χ0n) is 14.3. The van der Waals surface area contributed by atoms with Crippen LogP contribution in [0.1, 0.15) is 18.8 Å². The molecule has 4 nitrogen and oxygen atoms in total. The van der Waals surface area contributed by atoms with Gasteiger partial charge in [0.1, 0.15) is 11.5 Å². The zero-order chi connectivity index (χ0) is 18.1. The fourth-order valence-electron chi connectivity index (χ4n) is 3.38. The quantitative estimate of drug-likeness (QED) is 0.845. The molecule has 1 N–H and O–H groups in total. The predicted octanol–water partition coefficient (Wildman–Crippen LogP) is 4.27. The molecule has 138 valence electrons. The SMILES string of the molecule is CC1C(O)[C@@H](Sc2cccc(Cl)c2)OC2COC(c3ccccc3)O[C@@H]21. The maximum absolute atomic E-state index is 10.8. The van der Waals surface area contributed by atoms with Crippen molar-refractivity contribution in [2.75, 3.05) is 6.61 Å². The van der Waals surface area contributed by atoms with Crippen molar-refractivity contribution >= 4 is 23.4 Å². The number of aliphatic hydroxyl groups is 1. The van der Waals surface area contributed by atoms with Gasteiger partial charge in [-0.3, -0.25) is 0 Å². The smallest absolute Gasteiger partial charge is 0.184 e. The molecule has 26 heavy (non-hydrogen) atoms. The van der Waals surface area contributed by atoms with Gasteiger partial charge in [0.25, 0.3) is 0 Å². The molecule has 4 rings (SSSR count). The van der Waals surface area contributed by atoms with Crippen LogP contribution < -0.4 is 0 Å². The summed E-state index contributed by atoms with van der Waals surface area (Å²) in [6.45, 7) is 2.44. The molecule has 2 aliphatic heterocycles. The number of rotatable bonds is 3. The topological polar surface area (TPSA) is 47.9 Å². The Labute approximate surface area is 162 Å². The van der Waals surface area contributed by atoms with E-state index in [0.29, 0.717) is 11.6 Å². The van der Waals surface area contributed by atoms with E-state index in [2.05, 4.69) is 0 Å². The van der Waals surface area contributed by atoms with Crippen LogP contribution in [0.4, 0.5) is 0 Å². The minimum Gasteiger partial charge on any atom is -0.389 e. The summed E-state index contributed by atoms with van der Waals surface area (Å²) in [5, 5.41) is 11.4. The Bertz CT molecular complexity index is 742. The maximum Gasteiger partial charge on any atom is 0.184 e. The van der Waals surface area contributed by atoms with Crippen LogP contribution in [0, 0.1) is 5.92 Å². The van der Waals surface area contributed by atoms with Crippen molar-refractivity contribution in [3.8, 4) is 0 Å². The lowest BCUT2D eigenvalue weighted by atomic mass is 9.91. The van der Waals surface area contributed by atoms with Crippen molar-refractivity contribution < 1.29 is 19.3 Å². The molecular formula is C20H21ClO4S. The predicted molar refractivity (Wildman–Crippen MR) is 101 cm³/mol. The van der Waals surface area contributed by atoms with E-state index < -0.39 is 12.4 Å². The van der Waals surface area contributed by atoms with Crippen molar-refractivity contribution in [3.63, 3.8) is 0 Å². The number of aliphatic hydroxyl groups excluding tert-OH is 1. The highest BCUT2D eigenvalue weighted by atomic mass is 35.5. The first-order valence-corrected chi connectivity index (χ1v) is 9.95. The normalized spacial score (nSPS) is 34.3. The molecule has 0 saturated carbocycles. The van der Waals surface area contributed by atoms with Crippen molar-refractivity contribution in [2.45, 2.75) is 41.9 Å². The van der Waals surface area contributed by atoms with E-state index in [9.17, 15) is 5.11 Å². The molecule has 2 fully saturated rings. The number of hydrogen-bond donors (Lipinski definition) is 1. The van der Waals surface area contributed by atoms with Gasteiger partial charge in [0.15, 0.2) is 6.29 Å². The summed E-state index contributed by atoms with van der Waals surface area (Å²) in [6.07, 6.45) is -1.48. The molecule has 0 amide bonds.